The summed E-state index contributed by atoms with van der Waals surface area (Å²) in [7, 11) is 0. The standard InChI is InChI=1S/C11H14N2O5/c1-7(2)18-11(15)6-12-8(3)9(13(16)17)4-5-10(12)14/h4-5,7H,6H2,1-3H3. The van der Waals surface area contributed by atoms with E-state index in [0.29, 0.717) is 0 Å². The van der Waals surface area contributed by atoms with Gasteiger partial charge in [-0.1, -0.05) is 0 Å². The minimum atomic E-state index is -0.601. The summed E-state index contributed by atoms with van der Waals surface area (Å²) < 4.78 is 5.93. The van der Waals surface area contributed by atoms with E-state index in [1.807, 2.05) is 0 Å². The summed E-state index contributed by atoms with van der Waals surface area (Å²) in [6.45, 7) is 4.45. The molecule has 0 aliphatic heterocycles. The predicted octanol–water partition coefficient (Wildman–Crippen LogP) is 1.02. The Morgan fingerprint density at radius 3 is 2.61 bits per heavy atom. The first-order valence-electron chi connectivity index (χ1n) is 5.37. The van der Waals surface area contributed by atoms with Gasteiger partial charge in [0.2, 0.25) is 0 Å². The average Bonchev–Trinajstić information content (AvgIpc) is 2.22. The van der Waals surface area contributed by atoms with Crippen molar-refractivity contribution in [1.82, 2.24) is 4.57 Å². The Hall–Kier alpha value is -2.18. The van der Waals surface area contributed by atoms with Crippen LogP contribution in [-0.4, -0.2) is 21.6 Å². The smallest absolute Gasteiger partial charge is 0.326 e. The Kier molecular flexibility index (Phi) is 4.19. The Bertz CT molecular complexity index is 533. The molecule has 0 atom stereocenters. The minimum absolute atomic E-state index is 0.133. The van der Waals surface area contributed by atoms with Crippen molar-refractivity contribution < 1.29 is 14.5 Å². The molecule has 7 heteroatoms. The second kappa shape index (κ2) is 5.44. The average molecular weight is 254 g/mol. The van der Waals surface area contributed by atoms with E-state index in [2.05, 4.69) is 0 Å². The van der Waals surface area contributed by atoms with Gasteiger partial charge in [0, 0.05) is 12.1 Å². The maximum Gasteiger partial charge on any atom is 0.326 e. The number of aromatic nitrogens is 1. The Labute approximate surface area is 103 Å². The van der Waals surface area contributed by atoms with Gasteiger partial charge < -0.3 is 4.74 Å². The van der Waals surface area contributed by atoms with Gasteiger partial charge in [0.05, 0.1) is 16.7 Å². The van der Waals surface area contributed by atoms with Crippen molar-refractivity contribution in [3.63, 3.8) is 0 Å². The SMILES string of the molecule is Cc1c([N+](=O)[O-])ccc(=O)n1CC(=O)OC(C)C. The zero-order valence-corrected chi connectivity index (χ0v) is 10.4. The van der Waals surface area contributed by atoms with E-state index in [0.717, 1.165) is 16.7 Å². The van der Waals surface area contributed by atoms with Crippen molar-refractivity contribution in [2.75, 3.05) is 0 Å². The van der Waals surface area contributed by atoms with Gasteiger partial charge in [-0.25, -0.2) is 0 Å². The fraction of sp³-hybridized carbons (Fsp3) is 0.455. The van der Waals surface area contributed by atoms with E-state index in [4.69, 9.17) is 4.74 Å². The fourth-order valence-corrected chi connectivity index (χ4v) is 1.48. The number of esters is 1. The molecule has 18 heavy (non-hydrogen) atoms. The maximum absolute atomic E-state index is 11.6. The van der Waals surface area contributed by atoms with Crippen LogP contribution in [0.3, 0.4) is 0 Å². The van der Waals surface area contributed by atoms with Crippen LogP contribution in [0.15, 0.2) is 16.9 Å². The summed E-state index contributed by atoms with van der Waals surface area (Å²) in [6, 6.07) is 2.19. The number of nitrogens with zero attached hydrogens (tertiary/aromatic N) is 2. The van der Waals surface area contributed by atoms with E-state index < -0.39 is 16.5 Å². The van der Waals surface area contributed by atoms with Crippen LogP contribution in [0.4, 0.5) is 5.69 Å². The quantitative estimate of drug-likeness (QED) is 0.454. The summed E-state index contributed by atoms with van der Waals surface area (Å²) in [5, 5.41) is 10.7. The van der Waals surface area contributed by atoms with Crippen molar-refractivity contribution in [1.29, 1.82) is 0 Å². The molecule has 7 nitrogen and oxygen atoms in total. The van der Waals surface area contributed by atoms with Gasteiger partial charge in [0.1, 0.15) is 6.54 Å². The fourth-order valence-electron chi connectivity index (χ4n) is 1.48. The third-order valence-corrected chi connectivity index (χ3v) is 2.28. The Morgan fingerprint density at radius 1 is 1.50 bits per heavy atom. The molecule has 1 heterocycles. The molecule has 0 saturated carbocycles. The third kappa shape index (κ3) is 3.16. The van der Waals surface area contributed by atoms with Crippen LogP contribution in [0.5, 0.6) is 0 Å². The molecule has 0 radical (unpaired) electrons. The van der Waals surface area contributed by atoms with Gasteiger partial charge in [0.25, 0.3) is 11.2 Å². The molecule has 0 bridgehead atoms. The van der Waals surface area contributed by atoms with Gasteiger partial charge in [-0.05, 0) is 20.8 Å². The van der Waals surface area contributed by atoms with Crippen molar-refractivity contribution >= 4 is 11.7 Å². The topological polar surface area (TPSA) is 91.4 Å². The molecule has 0 spiro atoms. The molecular weight excluding hydrogens is 240 g/mol. The number of ether oxygens (including phenoxy) is 1. The summed E-state index contributed by atoms with van der Waals surface area (Å²) in [4.78, 5) is 33.2. The van der Waals surface area contributed by atoms with Crippen LogP contribution in [0.2, 0.25) is 0 Å². The van der Waals surface area contributed by atoms with Crippen LogP contribution in [-0.2, 0) is 16.1 Å². The van der Waals surface area contributed by atoms with Crippen molar-refractivity contribution in [3.05, 3.63) is 38.3 Å². The molecule has 1 rings (SSSR count). The monoisotopic (exact) mass is 254 g/mol. The Balaban J connectivity index is 3.09. The van der Waals surface area contributed by atoms with Crippen LogP contribution >= 0.6 is 0 Å². The van der Waals surface area contributed by atoms with Crippen LogP contribution < -0.4 is 5.56 Å². The van der Waals surface area contributed by atoms with E-state index in [-0.39, 0.29) is 24.0 Å². The molecule has 1 aromatic rings. The highest BCUT2D eigenvalue weighted by Crippen LogP contribution is 2.14. The van der Waals surface area contributed by atoms with Crippen molar-refractivity contribution in [2.24, 2.45) is 0 Å². The highest BCUT2D eigenvalue weighted by Gasteiger charge is 2.17. The number of carbonyl (C=O) groups excluding carboxylic acids is 1. The minimum Gasteiger partial charge on any atom is -0.462 e. The molecule has 1 aromatic heterocycles. The molecular formula is C11H14N2O5. The van der Waals surface area contributed by atoms with Crippen LogP contribution in [0, 0.1) is 17.0 Å². The molecule has 0 fully saturated rings. The number of nitro groups is 1. The van der Waals surface area contributed by atoms with Crippen LogP contribution in [0.25, 0.3) is 0 Å². The largest absolute Gasteiger partial charge is 0.462 e. The molecule has 0 unspecified atom stereocenters. The van der Waals surface area contributed by atoms with E-state index >= 15 is 0 Å². The van der Waals surface area contributed by atoms with E-state index in [1.54, 1.807) is 13.8 Å². The first kappa shape index (κ1) is 13.9. The molecule has 0 N–H and O–H groups in total. The van der Waals surface area contributed by atoms with Crippen LogP contribution in [0.1, 0.15) is 19.5 Å². The first-order chi connectivity index (χ1) is 8.32. The molecule has 0 saturated heterocycles. The summed E-state index contributed by atoms with van der Waals surface area (Å²) in [5.41, 5.74) is -0.543. The van der Waals surface area contributed by atoms with E-state index in [9.17, 15) is 19.7 Å². The molecule has 0 aliphatic carbocycles. The van der Waals surface area contributed by atoms with Gasteiger partial charge in [0.15, 0.2) is 0 Å². The highest BCUT2D eigenvalue weighted by atomic mass is 16.6. The van der Waals surface area contributed by atoms with Gasteiger partial charge >= 0.3 is 5.97 Å². The lowest BCUT2D eigenvalue weighted by Crippen LogP contribution is -2.28. The summed E-state index contributed by atoms with van der Waals surface area (Å²) >= 11 is 0. The number of carbonyl (C=O) groups is 1. The van der Waals surface area contributed by atoms with Gasteiger partial charge in [-0.3, -0.25) is 24.3 Å². The lowest BCUT2D eigenvalue weighted by molar-refractivity contribution is -0.386. The number of pyridine rings is 1. The lowest BCUT2D eigenvalue weighted by Gasteiger charge is -2.11. The number of hydrogen-bond donors (Lipinski definition) is 0. The van der Waals surface area contributed by atoms with Crippen molar-refractivity contribution in [2.45, 2.75) is 33.4 Å². The normalized spacial score (nSPS) is 10.4. The zero-order chi connectivity index (χ0) is 13.9. The highest BCUT2D eigenvalue weighted by molar-refractivity contribution is 5.69. The first-order valence-corrected chi connectivity index (χ1v) is 5.37. The molecule has 0 aromatic carbocycles. The zero-order valence-electron chi connectivity index (χ0n) is 10.4. The number of rotatable bonds is 4. The van der Waals surface area contributed by atoms with E-state index in [1.165, 1.54) is 6.92 Å². The predicted molar refractivity (Wildman–Crippen MR) is 63.3 cm³/mol. The molecule has 98 valence electrons. The molecule has 0 aliphatic rings. The second-order valence-electron chi connectivity index (χ2n) is 4.02. The second-order valence-corrected chi connectivity index (χ2v) is 4.02. The lowest BCUT2D eigenvalue weighted by atomic mass is 10.3. The number of hydrogen-bond acceptors (Lipinski definition) is 5. The summed E-state index contributed by atoms with van der Waals surface area (Å²) in [6.07, 6.45) is -0.299. The molecule has 0 amide bonds. The maximum atomic E-state index is 11.6. The van der Waals surface area contributed by atoms with Gasteiger partial charge in [-0.15, -0.1) is 0 Å². The summed E-state index contributed by atoms with van der Waals surface area (Å²) in [5.74, 6) is -0.601. The van der Waals surface area contributed by atoms with Gasteiger partial charge in [-0.2, -0.15) is 0 Å². The third-order valence-electron chi connectivity index (χ3n) is 2.28. The Morgan fingerprint density at radius 2 is 2.11 bits per heavy atom. The van der Waals surface area contributed by atoms with Crippen molar-refractivity contribution in [3.8, 4) is 0 Å².